The molecular formula is C27H25N5O3. The molecule has 1 fully saturated rings. The van der Waals surface area contributed by atoms with Crippen LogP contribution in [0.1, 0.15) is 10.6 Å². The Morgan fingerprint density at radius 3 is 1.94 bits per heavy atom. The molecule has 1 aliphatic rings. The number of carbonyl (C=O) groups is 2. The number of nitrogens with zero attached hydrogens (tertiary/aromatic N) is 5. The summed E-state index contributed by atoms with van der Waals surface area (Å²) in [5.74, 6) is -0.522. The van der Waals surface area contributed by atoms with Gasteiger partial charge in [-0.3, -0.25) is 4.79 Å². The second-order valence-corrected chi connectivity index (χ2v) is 8.15. The molecule has 8 heteroatoms. The van der Waals surface area contributed by atoms with E-state index >= 15 is 0 Å². The topological polar surface area (TPSA) is 80.6 Å². The van der Waals surface area contributed by atoms with Gasteiger partial charge in [-0.25, -0.2) is 14.5 Å². The van der Waals surface area contributed by atoms with Crippen molar-refractivity contribution in [2.75, 3.05) is 37.7 Å². The maximum absolute atomic E-state index is 12.8. The lowest BCUT2D eigenvalue weighted by Gasteiger charge is -2.36. The number of esters is 1. The maximum atomic E-state index is 12.8. The summed E-state index contributed by atoms with van der Waals surface area (Å²) in [7, 11) is 0. The van der Waals surface area contributed by atoms with Crippen molar-refractivity contribution in [3.63, 3.8) is 0 Å². The van der Waals surface area contributed by atoms with Crippen LogP contribution in [-0.4, -0.2) is 64.3 Å². The summed E-state index contributed by atoms with van der Waals surface area (Å²) in [6.45, 7) is 2.26. The van der Waals surface area contributed by atoms with Crippen LogP contribution >= 0.6 is 0 Å². The number of ether oxygens (including phenoxy) is 1. The van der Waals surface area contributed by atoms with E-state index in [0.717, 1.165) is 30.0 Å². The highest BCUT2D eigenvalue weighted by atomic mass is 16.5. The number of piperazine rings is 1. The third-order valence-corrected chi connectivity index (χ3v) is 5.90. The summed E-state index contributed by atoms with van der Waals surface area (Å²) < 4.78 is 6.92. The fraction of sp³-hybridized carbons (Fsp3) is 0.185. The average Bonchev–Trinajstić information content (AvgIpc) is 3.39. The first-order valence-corrected chi connectivity index (χ1v) is 11.5. The Kier molecular flexibility index (Phi) is 6.52. The largest absolute Gasteiger partial charge is 0.450 e. The smallest absolute Gasteiger partial charge is 0.378 e. The predicted molar refractivity (Wildman–Crippen MR) is 132 cm³/mol. The lowest BCUT2D eigenvalue weighted by molar-refractivity contribution is -0.134. The van der Waals surface area contributed by atoms with Gasteiger partial charge >= 0.3 is 5.97 Å². The molecule has 0 radical (unpaired) electrons. The van der Waals surface area contributed by atoms with Gasteiger partial charge in [-0.05, 0) is 24.3 Å². The molecule has 0 spiro atoms. The molecule has 5 rings (SSSR count). The van der Waals surface area contributed by atoms with Crippen LogP contribution in [-0.2, 0) is 9.53 Å². The van der Waals surface area contributed by atoms with Crippen molar-refractivity contribution in [3.8, 4) is 17.1 Å². The van der Waals surface area contributed by atoms with Gasteiger partial charge in [0.2, 0.25) is 0 Å². The highest BCUT2D eigenvalue weighted by molar-refractivity contribution is 5.88. The quantitative estimate of drug-likeness (QED) is 0.404. The van der Waals surface area contributed by atoms with Crippen molar-refractivity contribution >= 4 is 17.6 Å². The lowest BCUT2D eigenvalue weighted by atomic mass is 10.2. The normalized spacial score (nSPS) is 13.5. The predicted octanol–water partition coefficient (Wildman–Crippen LogP) is 3.44. The highest BCUT2D eigenvalue weighted by Crippen LogP contribution is 2.21. The number of anilines is 1. The molecule has 0 bridgehead atoms. The van der Waals surface area contributed by atoms with Crippen LogP contribution in [0, 0.1) is 0 Å². The summed E-state index contributed by atoms with van der Waals surface area (Å²) >= 11 is 0. The van der Waals surface area contributed by atoms with E-state index in [1.54, 1.807) is 9.58 Å². The fourth-order valence-corrected chi connectivity index (χ4v) is 4.06. The maximum Gasteiger partial charge on any atom is 0.378 e. The van der Waals surface area contributed by atoms with E-state index in [0.29, 0.717) is 18.9 Å². The van der Waals surface area contributed by atoms with Crippen molar-refractivity contribution in [3.05, 3.63) is 96.8 Å². The molecule has 0 atom stereocenters. The van der Waals surface area contributed by atoms with Gasteiger partial charge in [-0.2, -0.15) is 0 Å². The second kappa shape index (κ2) is 10.2. The molecule has 35 heavy (non-hydrogen) atoms. The summed E-state index contributed by atoms with van der Waals surface area (Å²) in [5.41, 5.74) is 2.72. The molecule has 1 aliphatic heterocycles. The number of para-hydroxylation sites is 2. The minimum atomic E-state index is -0.729. The summed E-state index contributed by atoms with van der Waals surface area (Å²) in [6, 6.07) is 29.1. The van der Waals surface area contributed by atoms with Crippen LogP contribution in [0.2, 0.25) is 0 Å². The van der Waals surface area contributed by atoms with Crippen molar-refractivity contribution in [1.29, 1.82) is 0 Å². The number of rotatable bonds is 6. The van der Waals surface area contributed by atoms with Crippen molar-refractivity contribution in [1.82, 2.24) is 19.7 Å². The third kappa shape index (κ3) is 5.06. The molecule has 0 aliphatic carbocycles. The zero-order chi connectivity index (χ0) is 24.0. The van der Waals surface area contributed by atoms with Gasteiger partial charge in [0.1, 0.15) is 0 Å². The summed E-state index contributed by atoms with van der Waals surface area (Å²) in [5, 5.41) is 4.39. The minimum absolute atomic E-state index is 0.0885. The molecule has 3 aromatic carbocycles. The van der Waals surface area contributed by atoms with Crippen molar-refractivity contribution in [2.45, 2.75) is 0 Å². The Morgan fingerprint density at radius 1 is 0.743 bits per heavy atom. The number of aromatic nitrogens is 3. The van der Waals surface area contributed by atoms with Crippen LogP contribution in [0.25, 0.3) is 17.1 Å². The molecule has 1 saturated heterocycles. The van der Waals surface area contributed by atoms with E-state index in [9.17, 15) is 9.59 Å². The van der Waals surface area contributed by atoms with Crippen molar-refractivity contribution in [2.24, 2.45) is 0 Å². The highest BCUT2D eigenvalue weighted by Gasteiger charge is 2.24. The number of benzene rings is 3. The molecule has 1 aromatic heterocycles. The molecule has 0 N–H and O–H groups in total. The SMILES string of the molecule is O=C(OCC(=O)N1CCN(c2ccccc2)CC1)c1nc(-c2ccccc2)n(-c2ccccc2)n1. The van der Waals surface area contributed by atoms with Gasteiger partial charge in [0.05, 0.1) is 5.69 Å². The summed E-state index contributed by atoms with van der Waals surface area (Å²) in [4.78, 5) is 33.8. The van der Waals surface area contributed by atoms with E-state index in [-0.39, 0.29) is 18.3 Å². The zero-order valence-electron chi connectivity index (χ0n) is 19.2. The summed E-state index contributed by atoms with van der Waals surface area (Å²) in [6.07, 6.45) is 0. The Hall–Kier alpha value is -4.46. The Morgan fingerprint density at radius 2 is 1.31 bits per heavy atom. The average molecular weight is 468 g/mol. The van der Waals surface area contributed by atoms with Gasteiger partial charge < -0.3 is 14.5 Å². The van der Waals surface area contributed by atoms with Crippen LogP contribution < -0.4 is 4.90 Å². The molecular weight excluding hydrogens is 442 g/mol. The van der Waals surface area contributed by atoms with E-state index in [4.69, 9.17) is 4.74 Å². The molecule has 0 unspecified atom stereocenters. The standard InChI is InChI=1S/C27H25N5O3/c33-24(31-18-16-30(17-19-31)22-12-6-2-7-13-22)20-35-27(34)25-28-26(21-10-4-1-5-11-21)32(29-25)23-14-8-3-9-15-23/h1-15H,16-20H2. The Bertz CT molecular complexity index is 1230. The van der Waals surface area contributed by atoms with E-state index in [1.807, 2.05) is 78.9 Å². The van der Waals surface area contributed by atoms with Crippen LogP contribution in [0.5, 0.6) is 0 Å². The first kappa shape index (κ1) is 22.3. The second-order valence-electron chi connectivity index (χ2n) is 8.15. The van der Waals surface area contributed by atoms with Gasteiger partial charge in [-0.1, -0.05) is 66.7 Å². The number of hydrogen-bond acceptors (Lipinski definition) is 6. The Labute approximate surface area is 203 Å². The van der Waals surface area contributed by atoms with Gasteiger partial charge in [0.25, 0.3) is 11.7 Å². The fourth-order valence-electron chi connectivity index (χ4n) is 4.06. The monoisotopic (exact) mass is 467 g/mol. The van der Waals surface area contributed by atoms with E-state index in [1.165, 1.54) is 0 Å². The van der Waals surface area contributed by atoms with E-state index < -0.39 is 5.97 Å². The lowest BCUT2D eigenvalue weighted by Crippen LogP contribution is -2.49. The minimum Gasteiger partial charge on any atom is -0.450 e. The van der Waals surface area contributed by atoms with Gasteiger partial charge in [0.15, 0.2) is 12.4 Å². The molecule has 176 valence electrons. The molecule has 4 aromatic rings. The van der Waals surface area contributed by atoms with Crippen LogP contribution in [0.3, 0.4) is 0 Å². The van der Waals surface area contributed by atoms with Gasteiger partial charge in [0, 0.05) is 37.4 Å². The molecule has 0 saturated carbocycles. The molecule has 1 amide bonds. The third-order valence-electron chi connectivity index (χ3n) is 5.90. The first-order valence-electron chi connectivity index (χ1n) is 11.5. The van der Waals surface area contributed by atoms with E-state index in [2.05, 4.69) is 27.1 Å². The molecule has 8 nitrogen and oxygen atoms in total. The van der Waals surface area contributed by atoms with Crippen LogP contribution in [0.4, 0.5) is 5.69 Å². The Balaban J connectivity index is 1.24. The number of amides is 1. The molecule has 2 heterocycles. The zero-order valence-corrected chi connectivity index (χ0v) is 19.2. The first-order chi connectivity index (χ1) is 17.2. The number of carbonyl (C=O) groups excluding carboxylic acids is 2. The van der Waals surface area contributed by atoms with Gasteiger partial charge in [-0.15, -0.1) is 5.10 Å². The number of hydrogen-bond donors (Lipinski definition) is 0. The van der Waals surface area contributed by atoms with Crippen molar-refractivity contribution < 1.29 is 14.3 Å². The van der Waals surface area contributed by atoms with Crippen LogP contribution in [0.15, 0.2) is 91.0 Å².